The lowest BCUT2D eigenvalue weighted by Crippen LogP contribution is -2.26. The lowest BCUT2D eigenvalue weighted by molar-refractivity contribution is 0.528. The summed E-state index contributed by atoms with van der Waals surface area (Å²) in [5.74, 6) is 0. The van der Waals surface area contributed by atoms with Crippen LogP contribution >= 0.6 is 50.1 Å². The smallest absolute Gasteiger partial charge is 0.0837 e. The molecule has 0 fully saturated rings. The molecule has 0 saturated carbocycles. The van der Waals surface area contributed by atoms with E-state index >= 15 is 0 Å². The summed E-state index contributed by atoms with van der Waals surface area (Å²) >= 11 is 12.4. The summed E-state index contributed by atoms with van der Waals surface area (Å²) in [6.45, 7) is 5.96. The van der Waals surface area contributed by atoms with E-state index in [4.69, 9.17) is 11.6 Å². The van der Waals surface area contributed by atoms with Gasteiger partial charge in [-0.25, -0.2) is 0 Å². The summed E-state index contributed by atoms with van der Waals surface area (Å²) in [7, 11) is 0. The third-order valence-corrected chi connectivity index (χ3v) is 4.96. The topological polar surface area (TPSA) is 29.9 Å². The van der Waals surface area contributed by atoms with Gasteiger partial charge in [-0.3, -0.25) is 4.68 Å². The number of nitrogens with one attached hydrogen (secondary N) is 1. The number of benzene rings is 1. The first-order valence-corrected chi connectivity index (χ1v) is 9.23. The summed E-state index contributed by atoms with van der Waals surface area (Å²) in [6, 6.07) is 6.38. The minimum Gasteiger partial charge on any atom is -0.305 e. The van der Waals surface area contributed by atoms with E-state index in [1.807, 2.05) is 4.68 Å². The number of halogens is 3. The fraction of sp³-hybridized carbons (Fsp3) is 0.400. The number of hydrogen-bond acceptors (Lipinski definition) is 2. The average Bonchev–Trinajstić information content (AvgIpc) is 2.84. The molecule has 6 heteroatoms. The van der Waals surface area contributed by atoms with Crippen molar-refractivity contribution in [3.8, 4) is 0 Å². The van der Waals surface area contributed by atoms with Crippen molar-refractivity contribution in [2.75, 3.05) is 6.54 Å². The van der Waals surface area contributed by atoms with E-state index in [0.29, 0.717) is 5.02 Å². The van der Waals surface area contributed by atoms with Gasteiger partial charge in [0.1, 0.15) is 0 Å². The van der Waals surface area contributed by atoms with Crippen LogP contribution in [0.3, 0.4) is 0 Å². The number of nitrogens with zero attached hydrogens (tertiary/aromatic N) is 2. The van der Waals surface area contributed by atoms with Gasteiger partial charge in [-0.15, -0.1) is 0 Å². The lowest BCUT2D eigenvalue weighted by atomic mass is 10.0. The molecule has 3 nitrogen and oxygen atoms in total. The van der Waals surface area contributed by atoms with E-state index in [1.54, 1.807) is 6.20 Å². The molecule has 1 unspecified atom stereocenters. The zero-order valence-corrected chi connectivity index (χ0v) is 16.5. The van der Waals surface area contributed by atoms with Crippen LogP contribution in [0.4, 0.5) is 0 Å². The Morgan fingerprint density at radius 3 is 2.86 bits per heavy atom. The molecule has 0 bridgehead atoms. The highest BCUT2D eigenvalue weighted by Crippen LogP contribution is 2.33. The fourth-order valence-electron chi connectivity index (χ4n) is 2.29. The Balaban J connectivity index is 2.52. The summed E-state index contributed by atoms with van der Waals surface area (Å²) in [6.07, 6.45) is 2.79. The molecule has 0 saturated heterocycles. The van der Waals surface area contributed by atoms with Gasteiger partial charge in [0.25, 0.3) is 0 Å². The molecule has 0 radical (unpaired) electrons. The molecule has 1 N–H and O–H groups in total. The molecule has 0 aliphatic carbocycles. The first kappa shape index (κ1) is 17.2. The molecule has 2 aromatic rings. The maximum atomic E-state index is 6.40. The molecule has 0 spiro atoms. The zero-order chi connectivity index (χ0) is 15.4. The molecule has 1 aromatic carbocycles. The van der Waals surface area contributed by atoms with E-state index < -0.39 is 0 Å². The van der Waals surface area contributed by atoms with Crippen LogP contribution in [-0.4, -0.2) is 16.3 Å². The van der Waals surface area contributed by atoms with Crippen LogP contribution in [0.25, 0.3) is 0 Å². The van der Waals surface area contributed by atoms with Crippen molar-refractivity contribution in [1.29, 1.82) is 0 Å². The van der Waals surface area contributed by atoms with Gasteiger partial charge >= 0.3 is 0 Å². The number of aromatic nitrogens is 2. The van der Waals surface area contributed by atoms with Gasteiger partial charge in [0.2, 0.25) is 0 Å². The van der Waals surface area contributed by atoms with Crippen molar-refractivity contribution in [3.63, 3.8) is 0 Å². The second kappa shape index (κ2) is 7.94. The van der Waals surface area contributed by atoms with Crippen molar-refractivity contribution in [2.45, 2.75) is 32.9 Å². The molecular formula is C15H18BrClIN3. The Morgan fingerprint density at radius 2 is 2.19 bits per heavy atom. The average molecular weight is 483 g/mol. The van der Waals surface area contributed by atoms with E-state index in [-0.39, 0.29) is 6.04 Å². The van der Waals surface area contributed by atoms with Gasteiger partial charge in [0.15, 0.2) is 0 Å². The van der Waals surface area contributed by atoms with Crippen LogP contribution in [-0.2, 0) is 6.54 Å². The van der Waals surface area contributed by atoms with Crippen LogP contribution in [0.2, 0.25) is 5.02 Å². The van der Waals surface area contributed by atoms with Crippen LogP contribution in [0.15, 0.2) is 28.9 Å². The molecular weight excluding hydrogens is 464 g/mol. The molecule has 0 amide bonds. The van der Waals surface area contributed by atoms with E-state index in [0.717, 1.165) is 29.7 Å². The van der Waals surface area contributed by atoms with E-state index in [1.165, 1.54) is 9.13 Å². The van der Waals surface area contributed by atoms with Crippen LogP contribution in [0.1, 0.15) is 37.6 Å². The van der Waals surface area contributed by atoms with Gasteiger partial charge in [-0.05, 0) is 66.2 Å². The Kier molecular flexibility index (Phi) is 6.52. The molecule has 0 aliphatic heterocycles. The Labute approximate surface area is 152 Å². The molecule has 2 rings (SSSR count). The van der Waals surface area contributed by atoms with Crippen molar-refractivity contribution in [3.05, 3.63) is 48.7 Å². The normalized spacial score (nSPS) is 12.6. The highest BCUT2D eigenvalue weighted by Gasteiger charge is 2.23. The fourth-order valence-corrected chi connectivity index (χ4v) is 3.53. The minimum absolute atomic E-state index is 0.0315. The first-order valence-electron chi connectivity index (χ1n) is 6.98. The number of aryl methyl sites for hydroxylation is 1. The standard InChI is InChI=1S/C15H18BrClIN3/c1-3-7-19-14(11-8-10(18)5-6-12(11)16)15-13(17)9-20-21(15)4-2/h5-6,8-9,14,19H,3-4,7H2,1-2H3. The number of rotatable bonds is 6. The molecule has 1 atom stereocenters. The second-order valence-corrected chi connectivity index (χ2v) is 7.25. The third kappa shape index (κ3) is 4.00. The molecule has 1 aromatic heterocycles. The molecule has 1 heterocycles. The molecule has 114 valence electrons. The highest BCUT2D eigenvalue weighted by molar-refractivity contribution is 14.1. The Hall–Kier alpha value is -0.110. The molecule has 21 heavy (non-hydrogen) atoms. The van der Waals surface area contributed by atoms with Crippen molar-refractivity contribution in [2.24, 2.45) is 0 Å². The van der Waals surface area contributed by atoms with Crippen LogP contribution in [0.5, 0.6) is 0 Å². The van der Waals surface area contributed by atoms with E-state index in [9.17, 15) is 0 Å². The van der Waals surface area contributed by atoms with Gasteiger partial charge in [-0.2, -0.15) is 5.10 Å². The van der Waals surface area contributed by atoms with Crippen molar-refractivity contribution in [1.82, 2.24) is 15.1 Å². The Bertz CT molecular complexity index is 615. The van der Waals surface area contributed by atoms with Crippen molar-refractivity contribution >= 4 is 50.1 Å². The SMILES string of the molecule is CCCNC(c1cc(I)ccc1Br)c1c(Cl)cnn1CC. The summed E-state index contributed by atoms with van der Waals surface area (Å²) in [4.78, 5) is 0. The van der Waals surface area contributed by atoms with Gasteiger partial charge < -0.3 is 5.32 Å². The van der Waals surface area contributed by atoms with E-state index in [2.05, 4.69) is 81.0 Å². The summed E-state index contributed by atoms with van der Waals surface area (Å²) in [5, 5.41) is 8.67. The minimum atomic E-state index is 0.0315. The summed E-state index contributed by atoms with van der Waals surface area (Å²) < 4.78 is 4.24. The predicted octanol–water partition coefficient (Wildman–Crippen LogP) is 5.01. The van der Waals surface area contributed by atoms with Gasteiger partial charge in [0, 0.05) is 14.6 Å². The highest BCUT2D eigenvalue weighted by atomic mass is 127. The first-order chi connectivity index (χ1) is 10.1. The predicted molar refractivity (Wildman–Crippen MR) is 99.9 cm³/mol. The molecule has 0 aliphatic rings. The maximum absolute atomic E-state index is 6.40. The zero-order valence-electron chi connectivity index (χ0n) is 12.0. The quantitative estimate of drug-likeness (QED) is 0.587. The third-order valence-electron chi connectivity index (χ3n) is 3.27. The van der Waals surface area contributed by atoms with Crippen molar-refractivity contribution < 1.29 is 0 Å². The number of hydrogen-bond donors (Lipinski definition) is 1. The lowest BCUT2D eigenvalue weighted by Gasteiger charge is -2.22. The second-order valence-electron chi connectivity index (χ2n) is 4.75. The van der Waals surface area contributed by atoms with Gasteiger partial charge in [-0.1, -0.05) is 34.5 Å². The monoisotopic (exact) mass is 481 g/mol. The van der Waals surface area contributed by atoms with Crippen LogP contribution in [0, 0.1) is 3.57 Å². The maximum Gasteiger partial charge on any atom is 0.0837 e. The summed E-state index contributed by atoms with van der Waals surface area (Å²) in [5.41, 5.74) is 2.21. The largest absolute Gasteiger partial charge is 0.305 e. The van der Waals surface area contributed by atoms with Crippen LogP contribution < -0.4 is 5.32 Å². The Morgan fingerprint density at radius 1 is 1.43 bits per heavy atom. The van der Waals surface area contributed by atoms with Gasteiger partial charge in [0.05, 0.1) is 23.0 Å².